The molecular weight excluding hydrogens is 232 g/mol. The first-order valence-corrected chi connectivity index (χ1v) is 6.90. The van der Waals surface area contributed by atoms with E-state index in [4.69, 9.17) is 4.74 Å². The fourth-order valence-corrected chi connectivity index (χ4v) is 2.67. The molecule has 2 saturated heterocycles. The van der Waals surface area contributed by atoms with Gasteiger partial charge in [-0.25, -0.2) is 0 Å². The standard InChI is InChI=1S/C13H22N2O3/c1-2-4-12(16)15-6-3-5-11(15)13(17)14-7-9-18-10-8-14/h11H,2-10H2,1H3/t11-/m0/s1. The zero-order valence-electron chi connectivity index (χ0n) is 11.1. The number of carbonyl (C=O) groups is 2. The van der Waals surface area contributed by atoms with E-state index in [9.17, 15) is 9.59 Å². The van der Waals surface area contributed by atoms with E-state index in [1.807, 2.05) is 11.8 Å². The summed E-state index contributed by atoms with van der Waals surface area (Å²) in [6, 6.07) is -0.220. The molecule has 0 aromatic carbocycles. The second-order valence-electron chi connectivity index (χ2n) is 4.93. The van der Waals surface area contributed by atoms with E-state index < -0.39 is 0 Å². The molecule has 5 heteroatoms. The third kappa shape index (κ3) is 2.83. The molecule has 0 spiro atoms. The van der Waals surface area contributed by atoms with Gasteiger partial charge in [0.25, 0.3) is 0 Å². The van der Waals surface area contributed by atoms with Gasteiger partial charge in [0.05, 0.1) is 13.2 Å². The highest BCUT2D eigenvalue weighted by Crippen LogP contribution is 2.21. The monoisotopic (exact) mass is 254 g/mol. The van der Waals surface area contributed by atoms with Crippen molar-refractivity contribution in [1.82, 2.24) is 9.80 Å². The van der Waals surface area contributed by atoms with Crippen molar-refractivity contribution in [3.8, 4) is 0 Å². The molecule has 2 rings (SSSR count). The van der Waals surface area contributed by atoms with Crippen LogP contribution in [0.1, 0.15) is 32.6 Å². The number of carbonyl (C=O) groups excluding carboxylic acids is 2. The Labute approximate surface area is 108 Å². The summed E-state index contributed by atoms with van der Waals surface area (Å²) >= 11 is 0. The number of hydrogen-bond acceptors (Lipinski definition) is 3. The molecule has 0 radical (unpaired) electrons. The molecule has 0 bridgehead atoms. The average Bonchev–Trinajstić information content (AvgIpc) is 2.88. The van der Waals surface area contributed by atoms with Crippen molar-refractivity contribution in [3.63, 3.8) is 0 Å². The number of likely N-dealkylation sites (tertiary alicyclic amines) is 1. The zero-order chi connectivity index (χ0) is 13.0. The van der Waals surface area contributed by atoms with Gasteiger partial charge >= 0.3 is 0 Å². The SMILES string of the molecule is CCCC(=O)N1CCC[C@H]1C(=O)N1CCOCC1. The van der Waals surface area contributed by atoms with Crippen molar-refractivity contribution in [2.75, 3.05) is 32.8 Å². The Bertz CT molecular complexity index is 313. The molecule has 2 amide bonds. The van der Waals surface area contributed by atoms with Gasteiger partial charge in [-0.05, 0) is 19.3 Å². The first-order valence-electron chi connectivity index (χ1n) is 6.90. The third-order valence-electron chi connectivity index (χ3n) is 3.64. The van der Waals surface area contributed by atoms with Gasteiger partial charge in [-0.3, -0.25) is 9.59 Å². The Hall–Kier alpha value is -1.10. The van der Waals surface area contributed by atoms with Crippen LogP contribution in [0.15, 0.2) is 0 Å². The van der Waals surface area contributed by atoms with Gasteiger partial charge in [0, 0.05) is 26.1 Å². The fraction of sp³-hybridized carbons (Fsp3) is 0.846. The highest BCUT2D eigenvalue weighted by molar-refractivity contribution is 5.88. The first-order chi connectivity index (χ1) is 8.74. The lowest BCUT2D eigenvalue weighted by atomic mass is 10.1. The minimum atomic E-state index is -0.220. The van der Waals surface area contributed by atoms with Crippen LogP contribution in [0, 0.1) is 0 Å². The van der Waals surface area contributed by atoms with Crippen molar-refractivity contribution in [1.29, 1.82) is 0 Å². The predicted molar refractivity (Wildman–Crippen MR) is 67.0 cm³/mol. The molecular formula is C13H22N2O3. The van der Waals surface area contributed by atoms with E-state index in [1.54, 1.807) is 4.90 Å². The number of amides is 2. The maximum Gasteiger partial charge on any atom is 0.245 e. The lowest BCUT2D eigenvalue weighted by Gasteiger charge is -2.32. The van der Waals surface area contributed by atoms with E-state index in [1.165, 1.54) is 0 Å². The van der Waals surface area contributed by atoms with Gasteiger partial charge < -0.3 is 14.5 Å². The summed E-state index contributed by atoms with van der Waals surface area (Å²) in [5.74, 6) is 0.238. The summed E-state index contributed by atoms with van der Waals surface area (Å²) < 4.78 is 5.25. The zero-order valence-corrected chi connectivity index (χ0v) is 11.1. The molecule has 0 aromatic heterocycles. The predicted octanol–water partition coefficient (Wildman–Crippen LogP) is 0.636. The van der Waals surface area contributed by atoms with Crippen molar-refractivity contribution < 1.29 is 14.3 Å². The van der Waals surface area contributed by atoms with Crippen molar-refractivity contribution >= 4 is 11.8 Å². The Morgan fingerprint density at radius 3 is 2.61 bits per heavy atom. The molecule has 18 heavy (non-hydrogen) atoms. The highest BCUT2D eigenvalue weighted by atomic mass is 16.5. The summed E-state index contributed by atoms with van der Waals surface area (Å²) in [5, 5.41) is 0. The molecule has 0 aliphatic carbocycles. The van der Waals surface area contributed by atoms with Gasteiger partial charge in [-0.2, -0.15) is 0 Å². The van der Waals surface area contributed by atoms with Crippen LogP contribution < -0.4 is 0 Å². The molecule has 1 atom stereocenters. The van der Waals surface area contributed by atoms with Crippen LogP contribution in [0.25, 0.3) is 0 Å². The van der Waals surface area contributed by atoms with Gasteiger partial charge in [0.1, 0.15) is 6.04 Å². The van der Waals surface area contributed by atoms with Crippen LogP contribution in [0.3, 0.4) is 0 Å². The van der Waals surface area contributed by atoms with Gasteiger partial charge in [0.2, 0.25) is 11.8 Å². The van der Waals surface area contributed by atoms with Crippen LogP contribution in [0.4, 0.5) is 0 Å². The van der Waals surface area contributed by atoms with Crippen LogP contribution in [0.5, 0.6) is 0 Å². The summed E-state index contributed by atoms with van der Waals surface area (Å²) in [4.78, 5) is 28.0. The summed E-state index contributed by atoms with van der Waals surface area (Å²) in [5.41, 5.74) is 0. The number of hydrogen-bond donors (Lipinski definition) is 0. The smallest absolute Gasteiger partial charge is 0.245 e. The minimum absolute atomic E-state index is 0.111. The number of rotatable bonds is 3. The normalized spacial score (nSPS) is 24.4. The topological polar surface area (TPSA) is 49.9 Å². The summed E-state index contributed by atoms with van der Waals surface area (Å²) in [6.07, 6.45) is 3.14. The maximum absolute atomic E-state index is 12.4. The summed E-state index contributed by atoms with van der Waals surface area (Å²) in [6.45, 7) is 5.27. The number of ether oxygens (including phenoxy) is 1. The van der Waals surface area contributed by atoms with Crippen molar-refractivity contribution in [2.45, 2.75) is 38.6 Å². The molecule has 5 nitrogen and oxygen atoms in total. The van der Waals surface area contributed by atoms with E-state index in [2.05, 4.69) is 0 Å². The van der Waals surface area contributed by atoms with Crippen LogP contribution in [-0.4, -0.2) is 60.5 Å². The van der Waals surface area contributed by atoms with Crippen LogP contribution in [-0.2, 0) is 14.3 Å². The Morgan fingerprint density at radius 1 is 1.22 bits per heavy atom. The number of nitrogens with zero attached hydrogens (tertiary/aromatic N) is 2. The second kappa shape index (κ2) is 6.18. The molecule has 102 valence electrons. The summed E-state index contributed by atoms with van der Waals surface area (Å²) in [7, 11) is 0. The Morgan fingerprint density at radius 2 is 1.94 bits per heavy atom. The van der Waals surface area contributed by atoms with Crippen LogP contribution >= 0.6 is 0 Å². The molecule has 0 saturated carbocycles. The second-order valence-corrected chi connectivity index (χ2v) is 4.93. The Kier molecular flexibility index (Phi) is 4.58. The van der Waals surface area contributed by atoms with Gasteiger partial charge in [0.15, 0.2) is 0 Å². The van der Waals surface area contributed by atoms with Crippen LogP contribution in [0.2, 0.25) is 0 Å². The minimum Gasteiger partial charge on any atom is -0.378 e. The van der Waals surface area contributed by atoms with E-state index in [0.717, 1.165) is 25.8 Å². The van der Waals surface area contributed by atoms with Gasteiger partial charge in [-0.1, -0.05) is 6.92 Å². The molecule has 2 fully saturated rings. The van der Waals surface area contributed by atoms with Gasteiger partial charge in [-0.15, -0.1) is 0 Å². The number of morpholine rings is 1. The van der Waals surface area contributed by atoms with E-state index in [-0.39, 0.29) is 17.9 Å². The average molecular weight is 254 g/mol. The molecule has 0 aromatic rings. The molecule has 2 aliphatic heterocycles. The largest absolute Gasteiger partial charge is 0.378 e. The molecule has 2 heterocycles. The molecule has 0 N–H and O–H groups in total. The quantitative estimate of drug-likeness (QED) is 0.742. The third-order valence-corrected chi connectivity index (χ3v) is 3.64. The first kappa shape index (κ1) is 13.3. The maximum atomic E-state index is 12.4. The molecule has 2 aliphatic rings. The fourth-order valence-electron chi connectivity index (χ4n) is 2.67. The molecule has 0 unspecified atom stereocenters. The lowest BCUT2D eigenvalue weighted by Crippen LogP contribution is -2.51. The lowest BCUT2D eigenvalue weighted by molar-refractivity contribution is -0.146. The van der Waals surface area contributed by atoms with Crippen molar-refractivity contribution in [2.24, 2.45) is 0 Å². The van der Waals surface area contributed by atoms with E-state index >= 15 is 0 Å². The Balaban J connectivity index is 1.97. The highest BCUT2D eigenvalue weighted by Gasteiger charge is 2.36. The van der Waals surface area contributed by atoms with E-state index in [0.29, 0.717) is 32.7 Å². The van der Waals surface area contributed by atoms with Crippen molar-refractivity contribution in [3.05, 3.63) is 0 Å².